The van der Waals surface area contributed by atoms with Gasteiger partial charge in [0.05, 0.1) is 5.56 Å². The Morgan fingerprint density at radius 2 is 1.57 bits per heavy atom. The zero-order chi connectivity index (χ0) is 19.9. The van der Waals surface area contributed by atoms with Gasteiger partial charge in [0.15, 0.2) is 6.10 Å². The van der Waals surface area contributed by atoms with E-state index in [0.29, 0.717) is 22.7 Å². The number of aryl methyl sites for hydroxylation is 1. The predicted octanol–water partition coefficient (Wildman–Crippen LogP) is 4.97. The van der Waals surface area contributed by atoms with Gasteiger partial charge >= 0.3 is 5.97 Å². The summed E-state index contributed by atoms with van der Waals surface area (Å²) in [5.74, 6) is 0.192. The summed E-state index contributed by atoms with van der Waals surface area (Å²) in [6.45, 7) is 3.47. The van der Waals surface area contributed by atoms with Crippen molar-refractivity contribution >= 4 is 17.6 Å². The second kappa shape index (κ2) is 8.86. The van der Waals surface area contributed by atoms with Crippen LogP contribution in [0.15, 0.2) is 78.9 Å². The summed E-state index contributed by atoms with van der Waals surface area (Å²) in [4.78, 5) is 24.7. The lowest BCUT2D eigenvalue weighted by molar-refractivity contribution is -0.123. The van der Waals surface area contributed by atoms with Gasteiger partial charge < -0.3 is 14.8 Å². The minimum atomic E-state index is -0.938. The first kappa shape index (κ1) is 19.2. The lowest BCUT2D eigenvalue weighted by atomic mass is 10.2. The summed E-state index contributed by atoms with van der Waals surface area (Å²) in [6, 6.07) is 23.3. The third-order valence-corrected chi connectivity index (χ3v) is 3.99. The molecule has 3 aromatic carbocycles. The Morgan fingerprint density at radius 3 is 2.32 bits per heavy atom. The van der Waals surface area contributed by atoms with Crippen LogP contribution in [-0.2, 0) is 9.53 Å². The molecule has 0 fully saturated rings. The van der Waals surface area contributed by atoms with Crippen LogP contribution in [0.5, 0.6) is 11.5 Å². The average Bonchev–Trinajstić information content (AvgIpc) is 2.69. The van der Waals surface area contributed by atoms with Crippen LogP contribution in [0.2, 0.25) is 0 Å². The molecule has 0 aromatic heterocycles. The predicted molar refractivity (Wildman–Crippen MR) is 108 cm³/mol. The van der Waals surface area contributed by atoms with Crippen molar-refractivity contribution < 1.29 is 19.1 Å². The van der Waals surface area contributed by atoms with Crippen molar-refractivity contribution in [2.75, 3.05) is 5.32 Å². The molecular formula is C23H21NO4. The average molecular weight is 375 g/mol. The Morgan fingerprint density at radius 1 is 0.857 bits per heavy atom. The lowest BCUT2D eigenvalue weighted by Crippen LogP contribution is -2.30. The molecular weight excluding hydrogens is 354 g/mol. The summed E-state index contributed by atoms with van der Waals surface area (Å²) in [5, 5.41) is 2.74. The second-order valence-corrected chi connectivity index (χ2v) is 6.35. The molecule has 5 heteroatoms. The molecule has 0 saturated heterocycles. The monoisotopic (exact) mass is 375 g/mol. The molecule has 0 aliphatic heterocycles. The number of carbonyl (C=O) groups is 2. The minimum absolute atomic E-state index is 0.309. The number of rotatable bonds is 6. The van der Waals surface area contributed by atoms with Gasteiger partial charge in [-0.2, -0.15) is 0 Å². The maximum Gasteiger partial charge on any atom is 0.339 e. The van der Waals surface area contributed by atoms with Crippen LogP contribution in [0.3, 0.4) is 0 Å². The Hall–Kier alpha value is -3.60. The maximum atomic E-state index is 12.4. The molecule has 142 valence electrons. The molecule has 0 saturated carbocycles. The van der Waals surface area contributed by atoms with Gasteiger partial charge in [-0.15, -0.1) is 0 Å². The molecule has 5 nitrogen and oxygen atoms in total. The summed E-state index contributed by atoms with van der Waals surface area (Å²) < 4.78 is 11.0. The van der Waals surface area contributed by atoms with E-state index in [0.717, 1.165) is 5.56 Å². The third kappa shape index (κ3) is 5.20. The lowest BCUT2D eigenvalue weighted by Gasteiger charge is -2.14. The number of para-hydroxylation sites is 1. The largest absolute Gasteiger partial charge is 0.457 e. The molecule has 1 amide bonds. The van der Waals surface area contributed by atoms with E-state index < -0.39 is 18.0 Å². The van der Waals surface area contributed by atoms with Gasteiger partial charge in [-0.3, -0.25) is 4.79 Å². The highest BCUT2D eigenvalue weighted by molar-refractivity contribution is 5.97. The summed E-state index contributed by atoms with van der Waals surface area (Å²) >= 11 is 0. The molecule has 3 aromatic rings. The standard InChI is InChI=1S/C23H21NO4/c1-16-8-6-10-19(14-16)24-22(25)17(2)27-23(26)18-9-7-13-21(15-18)28-20-11-4-3-5-12-20/h3-15,17H,1-2H3,(H,24,25)/t17-/m0/s1. The van der Waals surface area contributed by atoms with E-state index in [9.17, 15) is 9.59 Å². The highest BCUT2D eigenvalue weighted by Crippen LogP contribution is 2.22. The van der Waals surface area contributed by atoms with Crippen molar-refractivity contribution in [1.82, 2.24) is 0 Å². The first-order chi connectivity index (χ1) is 13.5. The SMILES string of the molecule is Cc1cccc(NC(=O)[C@H](C)OC(=O)c2cccc(Oc3ccccc3)c2)c1. The molecule has 0 radical (unpaired) electrons. The fraction of sp³-hybridized carbons (Fsp3) is 0.130. The molecule has 0 aliphatic carbocycles. The van der Waals surface area contributed by atoms with E-state index >= 15 is 0 Å². The topological polar surface area (TPSA) is 64.6 Å². The zero-order valence-electron chi connectivity index (χ0n) is 15.7. The fourth-order valence-corrected chi connectivity index (χ4v) is 2.56. The van der Waals surface area contributed by atoms with Gasteiger partial charge in [-0.1, -0.05) is 36.4 Å². The molecule has 0 bridgehead atoms. The molecule has 0 heterocycles. The van der Waals surface area contributed by atoms with E-state index in [1.807, 2.05) is 55.5 Å². The number of benzene rings is 3. The molecule has 0 unspecified atom stereocenters. The first-order valence-corrected chi connectivity index (χ1v) is 8.93. The number of nitrogens with one attached hydrogen (secondary N) is 1. The van der Waals surface area contributed by atoms with Crippen LogP contribution in [0.1, 0.15) is 22.8 Å². The summed E-state index contributed by atoms with van der Waals surface area (Å²) in [5.41, 5.74) is 1.99. The fourth-order valence-electron chi connectivity index (χ4n) is 2.56. The number of carbonyl (C=O) groups excluding carboxylic acids is 2. The molecule has 28 heavy (non-hydrogen) atoms. The zero-order valence-corrected chi connectivity index (χ0v) is 15.7. The van der Waals surface area contributed by atoms with Gasteiger partial charge in [0, 0.05) is 5.69 Å². The van der Waals surface area contributed by atoms with Crippen LogP contribution in [-0.4, -0.2) is 18.0 Å². The van der Waals surface area contributed by atoms with Gasteiger partial charge in [-0.25, -0.2) is 4.79 Å². The second-order valence-electron chi connectivity index (χ2n) is 6.35. The molecule has 0 aliphatic rings. The maximum absolute atomic E-state index is 12.4. The normalized spacial score (nSPS) is 11.4. The van der Waals surface area contributed by atoms with E-state index in [-0.39, 0.29) is 0 Å². The molecule has 1 N–H and O–H groups in total. The third-order valence-electron chi connectivity index (χ3n) is 3.99. The Bertz CT molecular complexity index is 969. The number of amides is 1. The number of hydrogen-bond acceptors (Lipinski definition) is 4. The van der Waals surface area contributed by atoms with Crippen molar-refractivity contribution in [2.45, 2.75) is 20.0 Å². The molecule has 0 spiro atoms. The Balaban J connectivity index is 1.62. The quantitative estimate of drug-likeness (QED) is 0.618. The van der Waals surface area contributed by atoms with Gasteiger partial charge in [0.1, 0.15) is 11.5 Å². The van der Waals surface area contributed by atoms with Crippen LogP contribution in [0, 0.1) is 6.92 Å². The van der Waals surface area contributed by atoms with Crippen LogP contribution < -0.4 is 10.1 Å². The van der Waals surface area contributed by atoms with E-state index in [2.05, 4.69) is 5.32 Å². The van der Waals surface area contributed by atoms with Crippen LogP contribution in [0.4, 0.5) is 5.69 Å². The van der Waals surface area contributed by atoms with E-state index in [4.69, 9.17) is 9.47 Å². The van der Waals surface area contributed by atoms with Crippen molar-refractivity contribution in [3.05, 3.63) is 90.0 Å². The van der Waals surface area contributed by atoms with Gasteiger partial charge in [0.2, 0.25) is 0 Å². The van der Waals surface area contributed by atoms with Crippen LogP contribution in [0.25, 0.3) is 0 Å². The highest BCUT2D eigenvalue weighted by Gasteiger charge is 2.19. The first-order valence-electron chi connectivity index (χ1n) is 8.93. The van der Waals surface area contributed by atoms with Gasteiger partial charge in [-0.05, 0) is 61.9 Å². The van der Waals surface area contributed by atoms with Crippen molar-refractivity contribution in [1.29, 1.82) is 0 Å². The number of ether oxygens (including phenoxy) is 2. The Labute approximate surface area is 163 Å². The minimum Gasteiger partial charge on any atom is -0.457 e. The van der Waals surface area contributed by atoms with Crippen molar-refractivity contribution in [3.8, 4) is 11.5 Å². The van der Waals surface area contributed by atoms with Crippen LogP contribution >= 0.6 is 0 Å². The number of anilines is 1. The molecule has 1 atom stereocenters. The number of esters is 1. The van der Waals surface area contributed by atoms with Crippen molar-refractivity contribution in [2.24, 2.45) is 0 Å². The molecule has 3 rings (SSSR count). The summed E-state index contributed by atoms with van der Waals surface area (Å²) in [7, 11) is 0. The van der Waals surface area contributed by atoms with Gasteiger partial charge in [0.25, 0.3) is 5.91 Å². The number of hydrogen-bond donors (Lipinski definition) is 1. The van der Waals surface area contributed by atoms with Crippen molar-refractivity contribution in [3.63, 3.8) is 0 Å². The van der Waals surface area contributed by atoms with E-state index in [1.165, 1.54) is 6.92 Å². The summed E-state index contributed by atoms with van der Waals surface area (Å²) in [6.07, 6.45) is -0.938. The van der Waals surface area contributed by atoms with E-state index in [1.54, 1.807) is 30.3 Å². The highest BCUT2D eigenvalue weighted by atomic mass is 16.5. The Kier molecular flexibility index (Phi) is 6.07. The smallest absolute Gasteiger partial charge is 0.339 e.